The zero-order valence-corrected chi connectivity index (χ0v) is 20.6. The van der Waals surface area contributed by atoms with Crippen LogP contribution in [0.3, 0.4) is 0 Å². The van der Waals surface area contributed by atoms with Crippen LogP contribution in [0.15, 0.2) is 83.4 Å². The summed E-state index contributed by atoms with van der Waals surface area (Å²) in [4.78, 5) is 28.0. The van der Waals surface area contributed by atoms with Crippen LogP contribution in [0.4, 0.5) is 11.4 Å². The predicted octanol–water partition coefficient (Wildman–Crippen LogP) is 6.71. The molecule has 9 heteroatoms. The summed E-state index contributed by atoms with van der Waals surface area (Å²) in [6.45, 7) is 0. The summed E-state index contributed by atoms with van der Waals surface area (Å²) in [6.07, 6.45) is 0.282. The van der Waals surface area contributed by atoms with Gasteiger partial charge in [-0.15, -0.1) is 0 Å². The molecule has 0 aromatic heterocycles. The highest BCUT2D eigenvalue weighted by molar-refractivity contribution is 8.05. The van der Waals surface area contributed by atoms with Crippen molar-refractivity contribution in [2.24, 2.45) is 0 Å². The van der Waals surface area contributed by atoms with Crippen LogP contribution in [0.25, 0.3) is 0 Å². The van der Waals surface area contributed by atoms with Crippen LogP contribution >= 0.6 is 46.6 Å². The van der Waals surface area contributed by atoms with Crippen LogP contribution < -0.4 is 10.2 Å². The van der Waals surface area contributed by atoms with Crippen LogP contribution in [-0.2, 0) is 16.0 Å². The molecule has 0 saturated carbocycles. The Morgan fingerprint density at radius 1 is 1.03 bits per heavy atom. The molecule has 1 heterocycles. The van der Waals surface area contributed by atoms with E-state index in [1.54, 1.807) is 66.7 Å². The molecule has 3 aromatic rings. The molecular weight excluding hydrogens is 513 g/mol. The molecule has 0 radical (unpaired) electrons. The summed E-state index contributed by atoms with van der Waals surface area (Å²) in [5.74, 6) is -0.895. The monoisotopic (exact) mass is 527 g/mol. The molecule has 5 nitrogen and oxygen atoms in total. The maximum absolute atomic E-state index is 13.5. The Labute approximate surface area is 215 Å². The van der Waals surface area contributed by atoms with Crippen molar-refractivity contribution in [3.8, 4) is 6.07 Å². The fourth-order valence-electron chi connectivity index (χ4n) is 3.46. The highest BCUT2D eigenvalue weighted by Gasteiger charge is 2.41. The smallest absolute Gasteiger partial charge is 0.269 e. The number of nitrogens with one attached hydrogen (secondary N) is 1. The van der Waals surface area contributed by atoms with E-state index in [2.05, 4.69) is 5.32 Å². The van der Waals surface area contributed by atoms with E-state index >= 15 is 0 Å². The van der Waals surface area contributed by atoms with Gasteiger partial charge in [0.2, 0.25) is 5.91 Å². The fourth-order valence-corrected chi connectivity index (χ4v) is 5.35. The van der Waals surface area contributed by atoms with Gasteiger partial charge in [-0.25, -0.2) is 0 Å². The number of carbonyl (C=O) groups excluding carboxylic acids is 2. The lowest BCUT2D eigenvalue weighted by atomic mass is 10.1. The van der Waals surface area contributed by atoms with E-state index in [9.17, 15) is 14.9 Å². The Hall–Kier alpha value is -2.95. The average Bonchev–Trinajstić information content (AvgIpc) is 3.13. The lowest BCUT2D eigenvalue weighted by Crippen LogP contribution is -2.30. The Kier molecular flexibility index (Phi) is 7.50. The highest BCUT2D eigenvalue weighted by Crippen LogP contribution is 2.43. The number of halogens is 3. The molecule has 4 rings (SSSR count). The van der Waals surface area contributed by atoms with Gasteiger partial charge in [-0.05, 0) is 48.4 Å². The number of benzene rings is 3. The van der Waals surface area contributed by atoms with Gasteiger partial charge in [0.1, 0.15) is 16.7 Å². The van der Waals surface area contributed by atoms with Crippen molar-refractivity contribution in [3.63, 3.8) is 0 Å². The molecule has 0 unspecified atom stereocenters. The first kappa shape index (κ1) is 24.2. The van der Waals surface area contributed by atoms with Crippen molar-refractivity contribution in [2.75, 3.05) is 10.2 Å². The Bertz CT molecular complexity index is 1340. The number of rotatable bonds is 5. The van der Waals surface area contributed by atoms with Crippen LogP contribution in [0.1, 0.15) is 5.56 Å². The molecule has 1 saturated heterocycles. The first-order chi connectivity index (χ1) is 16.4. The van der Waals surface area contributed by atoms with Crippen molar-refractivity contribution in [2.45, 2.75) is 11.7 Å². The number of hydrogen-bond donors (Lipinski definition) is 1. The summed E-state index contributed by atoms with van der Waals surface area (Å²) in [7, 11) is 0. The zero-order chi connectivity index (χ0) is 24.2. The molecule has 1 atom stereocenters. The molecule has 1 N–H and O–H groups in total. The van der Waals surface area contributed by atoms with Gasteiger partial charge >= 0.3 is 0 Å². The maximum Gasteiger partial charge on any atom is 0.269 e. The zero-order valence-electron chi connectivity index (χ0n) is 17.5. The van der Waals surface area contributed by atoms with Gasteiger partial charge in [-0.1, -0.05) is 83.0 Å². The van der Waals surface area contributed by atoms with Gasteiger partial charge in [0, 0.05) is 16.4 Å². The number of para-hydroxylation sites is 1. The second kappa shape index (κ2) is 10.5. The van der Waals surface area contributed by atoms with Crippen LogP contribution in [0.5, 0.6) is 0 Å². The minimum absolute atomic E-state index is 0.179. The SMILES string of the molecule is N#C/C(C(=O)Nc1cccc(Cl)c1)=C1\S[C@H](Cc2cccc(Cl)c2Cl)C(=O)N1c1ccccc1. The van der Waals surface area contributed by atoms with Crippen molar-refractivity contribution >= 4 is 69.8 Å². The summed E-state index contributed by atoms with van der Waals surface area (Å²) < 4.78 is 0. The number of nitrogens with zero attached hydrogens (tertiary/aromatic N) is 2. The topological polar surface area (TPSA) is 73.2 Å². The normalized spacial score (nSPS) is 16.8. The number of amides is 2. The van der Waals surface area contributed by atoms with Crippen LogP contribution in [-0.4, -0.2) is 17.1 Å². The third-order valence-corrected chi connectivity index (χ3v) is 7.40. The van der Waals surface area contributed by atoms with Crippen molar-refractivity contribution < 1.29 is 9.59 Å². The van der Waals surface area contributed by atoms with Gasteiger partial charge < -0.3 is 5.32 Å². The van der Waals surface area contributed by atoms with Gasteiger partial charge in [-0.2, -0.15) is 5.26 Å². The van der Waals surface area contributed by atoms with Gasteiger partial charge in [0.15, 0.2) is 0 Å². The molecule has 0 bridgehead atoms. The van der Waals surface area contributed by atoms with E-state index in [1.807, 2.05) is 12.1 Å². The third-order valence-electron chi connectivity index (χ3n) is 5.04. The first-order valence-corrected chi connectivity index (χ1v) is 12.1. The molecule has 0 aliphatic carbocycles. The Morgan fingerprint density at radius 2 is 1.76 bits per heavy atom. The summed E-state index contributed by atoms with van der Waals surface area (Å²) >= 11 is 19.6. The van der Waals surface area contributed by atoms with Crippen LogP contribution in [0, 0.1) is 11.3 Å². The van der Waals surface area contributed by atoms with E-state index < -0.39 is 11.2 Å². The molecule has 3 aromatic carbocycles. The quantitative estimate of drug-likeness (QED) is 0.295. The molecule has 170 valence electrons. The Balaban J connectivity index is 1.73. The van der Waals surface area contributed by atoms with Crippen molar-refractivity contribution in [1.82, 2.24) is 0 Å². The predicted molar refractivity (Wildman–Crippen MR) is 138 cm³/mol. The van der Waals surface area contributed by atoms with E-state index in [-0.39, 0.29) is 22.9 Å². The minimum Gasteiger partial charge on any atom is -0.321 e. The molecule has 1 fully saturated rings. The molecular formula is C25H16Cl3N3O2S. The lowest BCUT2D eigenvalue weighted by molar-refractivity contribution is -0.117. The molecule has 34 heavy (non-hydrogen) atoms. The highest BCUT2D eigenvalue weighted by atomic mass is 35.5. The Morgan fingerprint density at radius 3 is 2.47 bits per heavy atom. The van der Waals surface area contributed by atoms with E-state index in [0.29, 0.717) is 32.0 Å². The minimum atomic E-state index is -0.637. The maximum atomic E-state index is 13.5. The number of anilines is 2. The van der Waals surface area contributed by atoms with Crippen molar-refractivity contribution in [1.29, 1.82) is 5.26 Å². The number of nitriles is 1. The number of thioether (sulfide) groups is 1. The summed E-state index contributed by atoms with van der Waals surface area (Å²) in [5, 5.41) is 13.5. The molecule has 1 aliphatic rings. The third kappa shape index (κ3) is 5.08. The molecule has 0 spiro atoms. The van der Waals surface area contributed by atoms with Gasteiger partial charge in [0.25, 0.3) is 5.91 Å². The number of carbonyl (C=O) groups is 2. The second-order valence-corrected chi connectivity index (χ2v) is 9.70. The van der Waals surface area contributed by atoms with Crippen molar-refractivity contribution in [3.05, 3.63) is 104 Å². The van der Waals surface area contributed by atoms with E-state index in [4.69, 9.17) is 34.8 Å². The molecule has 2 amide bonds. The number of hydrogen-bond acceptors (Lipinski definition) is 4. The van der Waals surface area contributed by atoms with Gasteiger partial charge in [-0.3, -0.25) is 14.5 Å². The fraction of sp³-hybridized carbons (Fsp3) is 0.0800. The standard InChI is InChI=1S/C25H16Cl3N3O2S/c26-16-7-5-8-17(13-16)30-23(32)19(14-29)25-31(18-9-2-1-3-10-18)24(33)21(34-25)12-15-6-4-11-20(27)22(15)28/h1-11,13,21H,12H2,(H,30,32)/b25-19+/t21-/m1/s1. The van der Waals surface area contributed by atoms with E-state index in [1.165, 1.54) is 4.90 Å². The second-order valence-electron chi connectivity index (χ2n) is 7.29. The first-order valence-electron chi connectivity index (χ1n) is 10.1. The molecule has 1 aliphatic heterocycles. The van der Waals surface area contributed by atoms with Crippen LogP contribution in [0.2, 0.25) is 15.1 Å². The van der Waals surface area contributed by atoms with E-state index in [0.717, 1.165) is 11.8 Å². The average molecular weight is 529 g/mol. The summed E-state index contributed by atoms with van der Waals surface area (Å²) in [5.41, 5.74) is 1.52. The largest absolute Gasteiger partial charge is 0.321 e. The summed E-state index contributed by atoms with van der Waals surface area (Å²) in [6, 6.07) is 22.7. The lowest BCUT2D eigenvalue weighted by Gasteiger charge is -2.18. The van der Waals surface area contributed by atoms with Gasteiger partial charge in [0.05, 0.1) is 15.3 Å².